The Labute approximate surface area is 116 Å². The Morgan fingerprint density at radius 2 is 1.90 bits per heavy atom. The van der Waals surface area contributed by atoms with Crippen LogP contribution in [-0.2, 0) is 0 Å². The maximum atomic E-state index is 11.1. The molecule has 1 N–H and O–H groups in total. The number of imidazole rings is 1. The summed E-state index contributed by atoms with van der Waals surface area (Å²) >= 11 is 0. The van der Waals surface area contributed by atoms with E-state index in [2.05, 4.69) is 4.98 Å². The maximum absolute atomic E-state index is 11.1. The maximum Gasteiger partial charge on any atom is 0.335 e. The van der Waals surface area contributed by atoms with Crippen molar-refractivity contribution in [2.75, 3.05) is 0 Å². The minimum Gasteiger partial charge on any atom is -0.478 e. The average Bonchev–Trinajstić information content (AvgIpc) is 2.74. The number of aromatic carboxylic acids is 1. The summed E-state index contributed by atoms with van der Waals surface area (Å²) in [4.78, 5) is 15.6. The fourth-order valence-electron chi connectivity index (χ4n) is 2.45. The van der Waals surface area contributed by atoms with Gasteiger partial charge in [-0.25, -0.2) is 9.78 Å². The molecule has 0 bridgehead atoms. The first kappa shape index (κ1) is 12.4. The van der Waals surface area contributed by atoms with Crippen molar-refractivity contribution in [1.82, 2.24) is 9.55 Å². The Morgan fingerprint density at radius 3 is 2.60 bits per heavy atom. The standard InChI is InChI=1S/C16H14N2O2/c1-10-5-3-4-6-14(10)18-11(2)17-13-8-7-12(16(19)20)9-15(13)18/h3-9H,1-2H3,(H,19,20). The van der Waals surface area contributed by atoms with Crippen LogP contribution < -0.4 is 0 Å². The van der Waals surface area contributed by atoms with E-state index in [1.54, 1.807) is 18.2 Å². The van der Waals surface area contributed by atoms with Gasteiger partial charge in [-0.05, 0) is 43.7 Å². The first-order valence-electron chi connectivity index (χ1n) is 6.36. The van der Waals surface area contributed by atoms with Gasteiger partial charge in [-0.3, -0.25) is 4.57 Å². The summed E-state index contributed by atoms with van der Waals surface area (Å²) in [5, 5.41) is 9.14. The molecule has 0 aliphatic carbocycles. The first-order valence-corrected chi connectivity index (χ1v) is 6.36. The van der Waals surface area contributed by atoms with Crippen LogP contribution in [-0.4, -0.2) is 20.6 Å². The Balaban J connectivity index is 2.35. The normalized spacial score (nSPS) is 10.9. The van der Waals surface area contributed by atoms with Crippen molar-refractivity contribution in [1.29, 1.82) is 0 Å². The molecule has 100 valence electrons. The van der Waals surface area contributed by atoms with Gasteiger partial charge in [0, 0.05) is 0 Å². The molecule has 0 saturated carbocycles. The molecule has 0 aliphatic rings. The van der Waals surface area contributed by atoms with Crippen molar-refractivity contribution < 1.29 is 9.90 Å². The van der Waals surface area contributed by atoms with E-state index in [4.69, 9.17) is 5.11 Å². The van der Waals surface area contributed by atoms with Gasteiger partial charge in [-0.2, -0.15) is 0 Å². The van der Waals surface area contributed by atoms with Crippen LogP contribution in [0.25, 0.3) is 16.7 Å². The van der Waals surface area contributed by atoms with Gasteiger partial charge in [0.05, 0.1) is 22.3 Å². The molecular formula is C16H14N2O2. The molecule has 1 aromatic heterocycles. The van der Waals surface area contributed by atoms with E-state index < -0.39 is 5.97 Å². The Hall–Kier alpha value is -2.62. The highest BCUT2D eigenvalue weighted by molar-refractivity contribution is 5.93. The summed E-state index contributed by atoms with van der Waals surface area (Å²) in [6, 6.07) is 13.0. The van der Waals surface area contributed by atoms with Gasteiger partial charge in [0.2, 0.25) is 0 Å². The lowest BCUT2D eigenvalue weighted by atomic mass is 10.1. The van der Waals surface area contributed by atoms with Crippen LogP contribution in [0, 0.1) is 13.8 Å². The monoisotopic (exact) mass is 266 g/mol. The Kier molecular flexibility index (Phi) is 2.79. The van der Waals surface area contributed by atoms with Crippen molar-refractivity contribution >= 4 is 17.0 Å². The smallest absolute Gasteiger partial charge is 0.335 e. The van der Waals surface area contributed by atoms with Crippen LogP contribution in [0.15, 0.2) is 42.5 Å². The van der Waals surface area contributed by atoms with Gasteiger partial charge < -0.3 is 5.11 Å². The van der Waals surface area contributed by atoms with E-state index in [-0.39, 0.29) is 5.56 Å². The number of carbonyl (C=O) groups is 1. The molecule has 4 heteroatoms. The molecule has 20 heavy (non-hydrogen) atoms. The second kappa shape index (κ2) is 4.49. The van der Waals surface area contributed by atoms with Gasteiger partial charge in [0.1, 0.15) is 5.82 Å². The summed E-state index contributed by atoms with van der Waals surface area (Å²) in [5.74, 6) is -0.0843. The van der Waals surface area contributed by atoms with Gasteiger partial charge in [0.15, 0.2) is 0 Å². The number of aromatic nitrogens is 2. The molecule has 0 radical (unpaired) electrons. The second-order valence-electron chi connectivity index (χ2n) is 4.79. The van der Waals surface area contributed by atoms with Gasteiger partial charge >= 0.3 is 5.97 Å². The molecule has 4 nitrogen and oxygen atoms in total. The number of hydrogen-bond donors (Lipinski definition) is 1. The quantitative estimate of drug-likeness (QED) is 0.774. The largest absolute Gasteiger partial charge is 0.478 e. The fraction of sp³-hybridized carbons (Fsp3) is 0.125. The molecule has 3 aromatic rings. The third-order valence-corrected chi connectivity index (χ3v) is 3.43. The Morgan fingerprint density at radius 1 is 1.15 bits per heavy atom. The van der Waals surface area contributed by atoms with Crippen LogP contribution >= 0.6 is 0 Å². The van der Waals surface area contributed by atoms with Gasteiger partial charge in [-0.15, -0.1) is 0 Å². The molecule has 0 fully saturated rings. The van der Waals surface area contributed by atoms with Crippen molar-refractivity contribution in [2.24, 2.45) is 0 Å². The van der Waals surface area contributed by atoms with Crippen LogP contribution in [0.2, 0.25) is 0 Å². The van der Waals surface area contributed by atoms with E-state index >= 15 is 0 Å². The fourth-order valence-corrected chi connectivity index (χ4v) is 2.45. The van der Waals surface area contributed by atoms with Crippen LogP contribution in [0.5, 0.6) is 0 Å². The van der Waals surface area contributed by atoms with Crippen molar-refractivity contribution in [3.05, 3.63) is 59.4 Å². The predicted octanol–water partition coefficient (Wildman–Crippen LogP) is 3.34. The van der Waals surface area contributed by atoms with Gasteiger partial charge in [-0.1, -0.05) is 18.2 Å². The number of aryl methyl sites for hydroxylation is 2. The Bertz CT molecular complexity index is 818. The van der Waals surface area contributed by atoms with Crippen molar-refractivity contribution in [3.8, 4) is 5.69 Å². The average molecular weight is 266 g/mol. The summed E-state index contributed by atoms with van der Waals surface area (Å²) in [6.45, 7) is 3.95. The van der Waals surface area contributed by atoms with Crippen LogP contribution in [0.3, 0.4) is 0 Å². The number of benzene rings is 2. The number of fused-ring (bicyclic) bond motifs is 1. The first-order chi connectivity index (χ1) is 9.58. The van der Waals surface area contributed by atoms with E-state index in [1.807, 2.05) is 42.7 Å². The summed E-state index contributed by atoms with van der Waals surface area (Å²) in [6.07, 6.45) is 0. The van der Waals surface area contributed by atoms with Gasteiger partial charge in [0.25, 0.3) is 0 Å². The number of para-hydroxylation sites is 1. The highest BCUT2D eigenvalue weighted by atomic mass is 16.4. The summed E-state index contributed by atoms with van der Waals surface area (Å²) < 4.78 is 2.00. The van der Waals surface area contributed by atoms with E-state index in [0.29, 0.717) is 0 Å². The molecule has 0 saturated heterocycles. The van der Waals surface area contributed by atoms with E-state index in [1.165, 1.54) is 0 Å². The summed E-state index contributed by atoms with van der Waals surface area (Å²) in [7, 11) is 0. The highest BCUT2D eigenvalue weighted by Crippen LogP contribution is 2.24. The molecule has 0 aliphatic heterocycles. The minimum absolute atomic E-state index is 0.271. The predicted molar refractivity (Wildman–Crippen MR) is 77.5 cm³/mol. The zero-order valence-corrected chi connectivity index (χ0v) is 11.3. The molecule has 3 rings (SSSR count). The zero-order chi connectivity index (χ0) is 14.3. The molecule has 0 spiro atoms. The molecule has 2 aromatic carbocycles. The van der Waals surface area contributed by atoms with Crippen molar-refractivity contribution in [2.45, 2.75) is 13.8 Å². The van der Waals surface area contributed by atoms with Crippen LogP contribution in [0.1, 0.15) is 21.7 Å². The number of carboxylic acid groups (broad SMARTS) is 1. The topological polar surface area (TPSA) is 55.1 Å². The number of nitrogens with zero attached hydrogens (tertiary/aromatic N) is 2. The lowest BCUT2D eigenvalue weighted by molar-refractivity contribution is 0.0697. The van der Waals surface area contributed by atoms with E-state index in [9.17, 15) is 4.79 Å². The zero-order valence-electron chi connectivity index (χ0n) is 11.3. The SMILES string of the molecule is Cc1ccccc1-n1c(C)nc2ccc(C(=O)O)cc21. The molecule has 0 amide bonds. The lowest BCUT2D eigenvalue weighted by Crippen LogP contribution is -2.01. The van der Waals surface area contributed by atoms with E-state index in [0.717, 1.165) is 28.1 Å². The molecule has 1 heterocycles. The molecular weight excluding hydrogens is 252 g/mol. The molecule has 0 atom stereocenters. The number of carboxylic acids is 1. The number of hydrogen-bond acceptors (Lipinski definition) is 2. The third-order valence-electron chi connectivity index (χ3n) is 3.43. The number of rotatable bonds is 2. The van der Waals surface area contributed by atoms with Crippen molar-refractivity contribution in [3.63, 3.8) is 0 Å². The highest BCUT2D eigenvalue weighted by Gasteiger charge is 2.13. The second-order valence-corrected chi connectivity index (χ2v) is 4.79. The minimum atomic E-state index is -0.929. The van der Waals surface area contributed by atoms with Crippen LogP contribution in [0.4, 0.5) is 0 Å². The summed E-state index contributed by atoms with van der Waals surface area (Å²) in [5.41, 5.74) is 4.03. The molecule has 0 unspecified atom stereocenters. The lowest BCUT2D eigenvalue weighted by Gasteiger charge is -2.10. The third kappa shape index (κ3) is 1.86.